The van der Waals surface area contributed by atoms with Crippen molar-refractivity contribution >= 4 is 39.7 Å². The van der Waals surface area contributed by atoms with Gasteiger partial charge in [-0.3, -0.25) is 9.69 Å². The predicted octanol–water partition coefficient (Wildman–Crippen LogP) is 4.85. The lowest BCUT2D eigenvalue weighted by atomic mass is 10.2. The van der Waals surface area contributed by atoms with E-state index in [1.807, 2.05) is 34.6 Å². The molecular formula is C18H19ClN4OS. The zero-order valence-electron chi connectivity index (χ0n) is 14.3. The van der Waals surface area contributed by atoms with Crippen LogP contribution in [-0.2, 0) is 11.3 Å². The van der Waals surface area contributed by atoms with Crippen molar-refractivity contribution in [3.05, 3.63) is 58.6 Å². The molecule has 0 radical (unpaired) electrons. The summed E-state index contributed by atoms with van der Waals surface area (Å²) in [6.45, 7) is 6.39. The van der Waals surface area contributed by atoms with Crippen LogP contribution < -0.4 is 4.90 Å². The molecule has 0 fully saturated rings. The Kier molecular flexibility index (Phi) is 5.20. The number of imidazole rings is 1. The minimum Gasteiger partial charge on any atom is -0.331 e. The Labute approximate surface area is 155 Å². The van der Waals surface area contributed by atoms with Crippen LogP contribution in [0.2, 0.25) is 5.02 Å². The van der Waals surface area contributed by atoms with Crippen molar-refractivity contribution in [2.75, 3.05) is 4.90 Å². The summed E-state index contributed by atoms with van der Waals surface area (Å²) in [5, 5.41) is 3.25. The van der Waals surface area contributed by atoms with Gasteiger partial charge in [-0.2, -0.15) is 0 Å². The van der Waals surface area contributed by atoms with Crippen molar-refractivity contribution in [1.82, 2.24) is 14.5 Å². The molecule has 3 aromatic rings. The third kappa shape index (κ3) is 4.08. The van der Waals surface area contributed by atoms with Gasteiger partial charge in [0.05, 0.1) is 29.9 Å². The SMILES string of the molecule is CC(=O)N(c1ccc(Cl)cc1)c1nc(Cn2cnc(C(C)C)c2)cs1. The number of anilines is 2. The Hall–Kier alpha value is -2.18. The summed E-state index contributed by atoms with van der Waals surface area (Å²) in [4.78, 5) is 22.7. The molecule has 0 bridgehead atoms. The normalized spacial score (nSPS) is 11.1. The van der Waals surface area contributed by atoms with Crippen LogP contribution in [0.4, 0.5) is 10.8 Å². The Balaban J connectivity index is 1.82. The molecule has 3 rings (SSSR count). The first kappa shape index (κ1) is 17.6. The first-order valence-electron chi connectivity index (χ1n) is 7.96. The smallest absolute Gasteiger partial charge is 0.230 e. The molecule has 130 valence electrons. The van der Waals surface area contributed by atoms with Crippen molar-refractivity contribution in [2.45, 2.75) is 33.2 Å². The maximum Gasteiger partial charge on any atom is 0.230 e. The average Bonchev–Trinajstić information content (AvgIpc) is 3.20. The highest BCUT2D eigenvalue weighted by atomic mass is 35.5. The zero-order chi connectivity index (χ0) is 18.0. The van der Waals surface area contributed by atoms with Crippen LogP contribution in [0.15, 0.2) is 42.2 Å². The third-order valence-electron chi connectivity index (χ3n) is 3.72. The third-order valence-corrected chi connectivity index (χ3v) is 4.85. The summed E-state index contributed by atoms with van der Waals surface area (Å²) in [5.41, 5.74) is 2.71. The van der Waals surface area contributed by atoms with E-state index in [1.165, 1.54) is 18.3 Å². The van der Waals surface area contributed by atoms with Gasteiger partial charge in [0.25, 0.3) is 0 Å². The molecule has 2 heterocycles. The van der Waals surface area contributed by atoms with Gasteiger partial charge in [-0.05, 0) is 30.2 Å². The molecule has 0 atom stereocenters. The van der Waals surface area contributed by atoms with E-state index >= 15 is 0 Å². The predicted molar refractivity (Wildman–Crippen MR) is 102 cm³/mol. The fourth-order valence-corrected chi connectivity index (χ4v) is 3.44. The fourth-order valence-electron chi connectivity index (χ4n) is 2.44. The minimum absolute atomic E-state index is 0.0899. The molecule has 7 heteroatoms. The number of carbonyl (C=O) groups is 1. The number of hydrogen-bond donors (Lipinski definition) is 0. The monoisotopic (exact) mass is 374 g/mol. The number of benzene rings is 1. The molecule has 0 aliphatic rings. The van der Waals surface area contributed by atoms with E-state index in [9.17, 15) is 4.79 Å². The van der Waals surface area contributed by atoms with Gasteiger partial charge in [-0.25, -0.2) is 9.97 Å². The zero-order valence-corrected chi connectivity index (χ0v) is 15.9. The van der Waals surface area contributed by atoms with Gasteiger partial charge in [-0.15, -0.1) is 11.3 Å². The van der Waals surface area contributed by atoms with Crippen molar-refractivity contribution in [3.8, 4) is 0 Å². The van der Waals surface area contributed by atoms with Crippen molar-refractivity contribution < 1.29 is 4.79 Å². The Morgan fingerprint density at radius 3 is 2.64 bits per heavy atom. The van der Waals surface area contributed by atoms with Crippen molar-refractivity contribution in [1.29, 1.82) is 0 Å². The Morgan fingerprint density at radius 2 is 2.04 bits per heavy atom. The Morgan fingerprint density at radius 1 is 1.32 bits per heavy atom. The molecule has 5 nitrogen and oxygen atoms in total. The second-order valence-electron chi connectivity index (χ2n) is 6.08. The van der Waals surface area contributed by atoms with Gasteiger partial charge in [0.2, 0.25) is 5.91 Å². The van der Waals surface area contributed by atoms with Gasteiger partial charge >= 0.3 is 0 Å². The largest absolute Gasteiger partial charge is 0.331 e. The molecule has 1 amide bonds. The lowest BCUT2D eigenvalue weighted by Crippen LogP contribution is -2.22. The number of carbonyl (C=O) groups excluding carboxylic acids is 1. The molecular weight excluding hydrogens is 356 g/mol. The summed E-state index contributed by atoms with van der Waals surface area (Å²) in [6, 6.07) is 7.16. The second-order valence-corrected chi connectivity index (χ2v) is 7.35. The fraction of sp³-hybridized carbons (Fsp3) is 0.278. The number of thiazole rings is 1. The number of rotatable bonds is 5. The van der Waals surface area contributed by atoms with Gasteiger partial charge in [0.15, 0.2) is 5.13 Å². The van der Waals surface area contributed by atoms with E-state index in [0.717, 1.165) is 17.1 Å². The van der Waals surface area contributed by atoms with Crippen LogP contribution in [0.1, 0.15) is 38.1 Å². The number of hydrogen-bond acceptors (Lipinski definition) is 4. The summed E-state index contributed by atoms with van der Waals surface area (Å²) in [6.07, 6.45) is 3.85. The van der Waals surface area contributed by atoms with Crippen LogP contribution in [-0.4, -0.2) is 20.4 Å². The van der Waals surface area contributed by atoms with E-state index in [-0.39, 0.29) is 5.91 Å². The lowest BCUT2D eigenvalue weighted by molar-refractivity contribution is -0.115. The molecule has 0 spiro atoms. The molecule has 25 heavy (non-hydrogen) atoms. The average molecular weight is 375 g/mol. The second kappa shape index (κ2) is 7.37. The highest BCUT2D eigenvalue weighted by Gasteiger charge is 2.18. The molecule has 0 saturated heterocycles. The molecule has 0 unspecified atom stereocenters. The highest BCUT2D eigenvalue weighted by Crippen LogP contribution is 2.30. The van der Waals surface area contributed by atoms with E-state index in [0.29, 0.717) is 22.6 Å². The van der Waals surface area contributed by atoms with Gasteiger partial charge < -0.3 is 4.57 Å². The molecule has 0 saturated carbocycles. The quantitative estimate of drug-likeness (QED) is 0.641. The summed E-state index contributed by atoms with van der Waals surface area (Å²) < 4.78 is 2.01. The molecule has 0 aliphatic heterocycles. The van der Waals surface area contributed by atoms with Crippen LogP contribution in [0.5, 0.6) is 0 Å². The van der Waals surface area contributed by atoms with Crippen molar-refractivity contribution in [2.24, 2.45) is 0 Å². The molecule has 1 aromatic carbocycles. The summed E-state index contributed by atoms with van der Waals surface area (Å²) in [5.74, 6) is 0.304. The standard InChI is InChI=1S/C18H19ClN4OS/c1-12(2)17-9-22(11-20-17)8-15-10-25-18(21-15)23(13(3)24)16-6-4-14(19)5-7-16/h4-7,9-12H,8H2,1-3H3. The Bertz CT molecular complexity index is 869. The van der Waals surface area contributed by atoms with Crippen LogP contribution in [0.25, 0.3) is 0 Å². The van der Waals surface area contributed by atoms with E-state index in [1.54, 1.807) is 17.0 Å². The first-order valence-corrected chi connectivity index (χ1v) is 9.22. The van der Waals surface area contributed by atoms with E-state index < -0.39 is 0 Å². The molecule has 0 N–H and O–H groups in total. The topological polar surface area (TPSA) is 51.0 Å². The van der Waals surface area contributed by atoms with Gasteiger partial charge in [-0.1, -0.05) is 25.4 Å². The first-order chi connectivity index (χ1) is 11.9. The summed E-state index contributed by atoms with van der Waals surface area (Å²) in [7, 11) is 0. The van der Waals surface area contributed by atoms with E-state index in [4.69, 9.17) is 11.6 Å². The van der Waals surface area contributed by atoms with Gasteiger partial charge in [0.1, 0.15) is 0 Å². The van der Waals surface area contributed by atoms with Crippen LogP contribution in [0.3, 0.4) is 0 Å². The highest BCUT2D eigenvalue weighted by molar-refractivity contribution is 7.14. The maximum absolute atomic E-state index is 12.1. The number of halogens is 1. The molecule has 0 aliphatic carbocycles. The van der Waals surface area contributed by atoms with Crippen molar-refractivity contribution in [3.63, 3.8) is 0 Å². The van der Waals surface area contributed by atoms with Crippen LogP contribution >= 0.6 is 22.9 Å². The maximum atomic E-state index is 12.1. The minimum atomic E-state index is -0.0899. The number of nitrogens with zero attached hydrogens (tertiary/aromatic N) is 4. The summed E-state index contributed by atoms with van der Waals surface area (Å²) >= 11 is 7.38. The van der Waals surface area contributed by atoms with E-state index in [2.05, 4.69) is 23.8 Å². The van der Waals surface area contributed by atoms with Gasteiger partial charge in [0, 0.05) is 23.5 Å². The lowest BCUT2D eigenvalue weighted by Gasteiger charge is -2.17. The number of aromatic nitrogens is 3. The number of amides is 1. The molecule has 2 aromatic heterocycles. The van der Waals surface area contributed by atoms with Crippen LogP contribution in [0, 0.1) is 0 Å².